The summed E-state index contributed by atoms with van der Waals surface area (Å²) in [6.45, 7) is 1.73. The summed E-state index contributed by atoms with van der Waals surface area (Å²) >= 11 is 0. The van der Waals surface area contributed by atoms with Crippen molar-refractivity contribution >= 4 is 0 Å². The van der Waals surface area contributed by atoms with Crippen LogP contribution in [-0.2, 0) is 13.0 Å². The van der Waals surface area contributed by atoms with E-state index >= 15 is 0 Å². The van der Waals surface area contributed by atoms with Crippen LogP contribution < -0.4 is 5.73 Å². The summed E-state index contributed by atoms with van der Waals surface area (Å²) in [4.78, 5) is 4.14. The van der Waals surface area contributed by atoms with Gasteiger partial charge in [-0.25, -0.2) is 4.39 Å². The number of nitrogens with zero attached hydrogens (tertiary/aromatic N) is 2. The predicted octanol–water partition coefficient (Wildman–Crippen LogP) is 2.10. The highest BCUT2D eigenvalue weighted by atomic mass is 19.1. The summed E-state index contributed by atoms with van der Waals surface area (Å²) in [5, 5.41) is 3.84. The van der Waals surface area contributed by atoms with E-state index in [9.17, 15) is 4.39 Å². The number of alkyl halides is 1. The van der Waals surface area contributed by atoms with Crippen molar-refractivity contribution in [3.05, 3.63) is 35.7 Å². The highest BCUT2D eigenvalue weighted by Gasteiger charge is 2.13. The highest BCUT2D eigenvalue weighted by molar-refractivity contribution is 5.59. The smallest absolute Gasteiger partial charge is 0.240 e. The second-order valence-corrected chi connectivity index (χ2v) is 3.86. The lowest BCUT2D eigenvalue weighted by atomic mass is 10.0. The Labute approximate surface area is 98.6 Å². The fourth-order valence-corrected chi connectivity index (χ4v) is 1.67. The summed E-state index contributed by atoms with van der Waals surface area (Å²) in [6, 6.07) is 7.44. The van der Waals surface area contributed by atoms with E-state index in [1.165, 1.54) is 6.92 Å². The molecule has 1 heterocycles. The Kier molecular flexibility index (Phi) is 3.49. The molecule has 0 aliphatic heterocycles. The van der Waals surface area contributed by atoms with Crippen molar-refractivity contribution in [2.75, 3.05) is 0 Å². The van der Waals surface area contributed by atoms with E-state index in [4.69, 9.17) is 10.3 Å². The minimum atomic E-state index is -0.906. The lowest BCUT2D eigenvalue weighted by Crippen LogP contribution is -2.01. The zero-order valence-electron chi connectivity index (χ0n) is 9.56. The van der Waals surface area contributed by atoms with Gasteiger partial charge >= 0.3 is 0 Å². The van der Waals surface area contributed by atoms with Crippen molar-refractivity contribution in [2.24, 2.45) is 5.73 Å². The average Bonchev–Trinajstić information content (AvgIpc) is 2.77. The second kappa shape index (κ2) is 5.05. The van der Waals surface area contributed by atoms with Gasteiger partial charge in [0, 0.05) is 12.0 Å². The zero-order chi connectivity index (χ0) is 12.3. The molecule has 1 aromatic heterocycles. The lowest BCUT2D eigenvalue weighted by Gasteiger charge is -2.06. The third kappa shape index (κ3) is 2.68. The quantitative estimate of drug-likeness (QED) is 0.881. The molecule has 5 heteroatoms. The summed E-state index contributed by atoms with van der Waals surface area (Å²) in [7, 11) is 0. The molecule has 0 saturated carbocycles. The first-order valence-corrected chi connectivity index (χ1v) is 5.45. The molecule has 1 aromatic carbocycles. The molecule has 17 heavy (non-hydrogen) atoms. The first-order valence-electron chi connectivity index (χ1n) is 5.45. The largest absolute Gasteiger partial charge is 0.338 e. The summed E-state index contributed by atoms with van der Waals surface area (Å²) in [5.74, 6) is 0.838. The standard InChI is InChI=1S/C12H14FN3O/c1-8(13)6-9-4-2-3-5-10(9)12-15-11(7-14)17-16-12/h2-5,8H,6-7,14H2,1H3. The number of halogens is 1. The van der Waals surface area contributed by atoms with Crippen molar-refractivity contribution < 1.29 is 8.91 Å². The van der Waals surface area contributed by atoms with Crippen LogP contribution in [0.1, 0.15) is 18.4 Å². The monoisotopic (exact) mass is 235 g/mol. The minimum absolute atomic E-state index is 0.203. The Hall–Kier alpha value is -1.75. The molecule has 0 fully saturated rings. The van der Waals surface area contributed by atoms with Gasteiger partial charge in [0.05, 0.1) is 6.54 Å². The van der Waals surface area contributed by atoms with Crippen molar-refractivity contribution in [1.82, 2.24) is 10.1 Å². The maximum absolute atomic E-state index is 13.1. The number of hydrogen-bond acceptors (Lipinski definition) is 4. The molecular weight excluding hydrogens is 221 g/mol. The maximum atomic E-state index is 13.1. The van der Waals surface area contributed by atoms with E-state index in [1.54, 1.807) is 0 Å². The van der Waals surface area contributed by atoms with E-state index in [0.717, 1.165) is 11.1 Å². The Morgan fingerprint density at radius 2 is 2.18 bits per heavy atom. The molecule has 0 amide bonds. The topological polar surface area (TPSA) is 64.9 Å². The van der Waals surface area contributed by atoms with Gasteiger partial charge in [0.25, 0.3) is 0 Å². The Morgan fingerprint density at radius 3 is 2.82 bits per heavy atom. The van der Waals surface area contributed by atoms with E-state index in [1.807, 2.05) is 24.3 Å². The first-order chi connectivity index (χ1) is 8.20. The van der Waals surface area contributed by atoms with Gasteiger partial charge in [-0.1, -0.05) is 29.4 Å². The highest BCUT2D eigenvalue weighted by Crippen LogP contribution is 2.22. The molecule has 0 radical (unpaired) electrons. The summed E-state index contributed by atoms with van der Waals surface area (Å²) < 4.78 is 18.0. The van der Waals surface area contributed by atoms with Crippen molar-refractivity contribution in [2.45, 2.75) is 26.1 Å². The van der Waals surface area contributed by atoms with Crippen LogP contribution in [0.25, 0.3) is 11.4 Å². The van der Waals surface area contributed by atoms with Crippen LogP contribution in [0.3, 0.4) is 0 Å². The molecular formula is C12H14FN3O. The molecule has 0 bridgehead atoms. The van der Waals surface area contributed by atoms with Crippen LogP contribution in [0.5, 0.6) is 0 Å². The molecule has 1 unspecified atom stereocenters. The molecule has 0 aliphatic rings. The Balaban J connectivity index is 2.36. The van der Waals surface area contributed by atoms with Gasteiger partial charge in [-0.3, -0.25) is 0 Å². The SMILES string of the molecule is CC(F)Cc1ccccc1-c1noc(CN)n1. The first kappa shape index (κ1) is 11.7. The van der Waals surface area contributed by atoms with E-state index in [0.29, 0.717) is 18.1 Å². The van der Waals surface area contributed by atoms with Crippen LogP contribution in [0, 0.1) is 0 Å². The van der Waals surface area contributed by atoms with Crippen molar-refractivity contribution in [3.63, 3.8) is 0 Å². The summed E-state index contributed by atoms with van der Waals surface area (Å²) in [5.41, 5.74) is 7.06. The molecule has 2 aromatic rings. The molecule has 0 aliphatic carbocycles. The molecule has 2 N–H and O–H groups in total. The van der Waals surface area contributed by atoms with Gasteiger partial charge in [-0.15, -0.1) is 0 Å². The van der Waals surface area contributed by atoms with Gasteiger partial charge in [0.1, 0.15) is 6.17 Å². The normalized spacial score (nSPS) is 12.6. The fraction of sp³-hybridized carbons (Fsp3) is 0.333. The molecule has 2 rings (SSSR count). The van der Waals surface area contributed by atoms with Crippen molar-refractivity contribution in [1.29, 1.82) is 0 Å². The van der Waals surface area contributed by atoms with Crippen LogP contribution in [0.15, 0.2) is 28.8 Å². The Bertz CT molecular complexity index is 496. The van der Waals surface area contributed by atoms with Gasteiger partial charge in [0.15, 0.2) is 0 Å². The number of aromatic nitrogens is 2. The lowest BCUT2D eigenvalue weighted by molar-refractivity contribution is 0.360. The van der Waals surface area contributed by atoms with Gasteiger partial charge < -0.3 is 10.3 Å². The van der Waals surface area contributed by atoms with Gasteiger partial charge in [-0.2, -0.15) is 4.98 Å². The maximum Gasteiger partial charge on any atom is 0.240 e. The van der Waals surface area contributed by atoms with E-state index in [-0.39, 0.29) is 6.54 Å². The van der Waals surface area contributed by atoms with Crippen molar-refractivity contribution in [3.8, 4) is 11.4 Å². The van der Waals surface area contributed by atoms with Crippen LogP contribution in [-0.4, -0.2) is 16.3 Å². The Morgan fingerprint density at radius 1 is 1.41 bits per heavy atom. The number of benzene rings is 1. The molecule has 0 saturated heterocycles. The summed E-state index contributed by atoms with van der Waals surface area (Å²) in [6.07, 6.45) is -0.570. The number of hydrogen-bond donors (Lipinski definition) is 1. The zero-order valence-corrected chi connectivity index (χ0v) is 9.56. The average molecular weight is 235 g/mol. The van der Waals surface area contributed by atoms with Crippen LogP contribution >= 0.6 is 0 Å². The van der Waals surface area contributed by atoms with Gasteiger partial charge in [0.2, 0.25) is 11.7 Å². The van der Waals surface area contributed by atoms with E-state index < -0.39 is 6.17 Å². The molecule has 90 valence electrons. The van der Waals surface area contributed by atoms with E-state index in [2.05, 4.69) is 10.1 Å². The van der Waals surface area contributed by atoms with Gasteiger partial charge in [-0.05, 0) is 12.5 Å². The fourth-order valence-electron chi connectivity index (χ4n) is 1.67. The number of nitrogens with two attached hydrogens (primary N) is 1. The minimum Gasteiger partial charge on any atom is -0.338 e. The number of rotatable bonds is 4. The second-order valence-electron chi connectivity index (χ2n) is 3.86. The predicted molar refractivity (Wildman–Crippen MR) is 61.9 cm³/mol. The third-order valence-electron chi connectivity index (χ3n) is 2.40. The molecule has 0 spiro atoms. The third-order valence-corrected chi connectivity index (χ3v) is 2.40. The molecule has 1 atom stereocenters. The van der Waals surface area contributed by atoms with Crippen LogP contribution in [0.4, 0.5) is 4.39 Å². The molecule has 4 nitrogen and oxygen atoms in total. The van der Waals surface area contributed by atoms with Crippen LogP contribution in [0.2, 0.25) is 0 Å².